The molecular formula is C30H35N3O9S. The van der Waals surface area contributed by atoms with Gasteiger partial charge in [0.1, 0.15) is 42.0 Å². The predicted octanol–water partition coefficient (Wildman–Crippen LogP) is 1.34. The van der Waals surface area contributed by atoms with Crippen molar-refractivity contribution in [3.05, 3.63) is 59.2 Å². The molecular weight excluding hydrogens is 578 g/mol. The van der Waals surface area contributed by atoms with Crippen LogP contribution in [0.1, 0.15) is 19.1 Å². The molecule has 0 aliphatic carbocycles. The molecule has 230 valence electrons. The molecule has 2 aliphatic rings. The summed E-state index contributed by atoms with van der Waals surface area (Å²) in [5.41, 5.74) is 1.99. The number of furan rings is 1. The van der Waals surface area contributed by atoms with Gasteiger partial charge in [0.15, 0.2) is 4.91 Å². The molecule has 2 fully saturated rings. The second-order valence-electron chi connectivity index (χ2n) is 10.6. The number of nitrogens with one attached hydrogen (secondary N) is 1. The van der Waals surface area contributed by atoms with Crippen molar-refractivity contribution in [3.63, 3.8) is 0 Å². The molecule has 5 N–H and O–H groups in total. The molecule has 1 aromatic heterocycles. The van der Waals surface area contributed by atoms with Gasteiger partial charge in [-0.25, -0.2) is 13.1 Å². The molecule has 5 atom stereocenters. The summed E-state index contributed by atoms with van der Waals surface area (Å²) in [6, 6.07) is 17.2. The fourth-order valence-electron chi connectivity index (χ4n) is 5.38. The Balaban J connectivity index is 1.32. The van der Waals surface area contributed by atoms with E-state index in [-0.39, 0.29) is 24.4 Å². The highest BCUT2D eigenvalue weighted by Crippen LogP contribution is 2.32. The van der Waals surface area contributed by atoms with Crippen LogP contribution in [0.25, 0.3) is 27.7 Å². The van der Waals surface area contributed by atoms with Crippen LogP contribution in [0.3, 0.4) is 0 Å². The van der Waals surface area contributed by atoms with Gasteiger partial charge in [0.25, 0.3) is 10.0 Å². The van der Waals surface area contributed by atoms with Gasteiger partial charge in [-0.2, -0.15) is 5.26 Å². The number of aliphatic hydroxyl groups excluding tert-OH is 4. The first-order chi connectivity index (χ1) is 20.6. The van der Waals surface area contributed by atoms with Crippen LogP contribution in [0.4, 0.5) is 5.69 Å². The van der Waals surface area contributed by atoms with Gasteiger partial charge in [-0.15, -0.1) is 0 Å². The number of nitriles is 1. The molecule has 2 aromatic carbocycles. The molecule has 0 bridgehead atoms. The highest BCUT2D eigenvalue weighted by molar-refractivity contribution is 7.93. The van der Waals surface area contributed by atoms with Crippen LogP contribution >= 0.6 is 0 Å². The van der Waals surface area contributed by atoms with Crippen molar-refractivity contribution in [2.45, 2.75) is 43.9 Å². The monoisotopic (exact) mass is 613 g/mol. The normalized spacial score (nSPS) is 25.4. The number of ether oxygens (including phenoxy) is 2. The molecule has 0 spiro atoms. The highest BCUT2D eigenvalue weighted by atomic mass is 32.2. The van der Waals surface area contributed by atoms with Crippen LogP contribution in [0.2, 0.25) is 0 Å². The predicted molar refractivity (Wildman–Crippen MR) is 158 cm³/mol. The number of anilines is 1. The lowest BCUT2D eigenvalue weighted by Gasteiger charge is -2.40. The number of morpholine rings is 1. The molecule has 1 unspecified atom stereocenters. The van der Waals surface area contributed by atoms with Gasteiger partial charge in [-0.05, 0) is 54.4 Å². The van der Waals surface area contributed by atoms with Gasteiger partial charge < -0.3 is 39.2 Å². The standard InChI is InChI=1S/C30H35N3O9S/c1-18(27(16-31)43(38,39)32-17-26-29(36)30(37)28(35)25(42-26)8-11-34)23-6-7-24(41-23)21-3-2-20-15-22(5-4-19(20)14-21)33-9-12-40-13-10-33/h2-7,14-15,25-26,28-30,32,34-37H,8-13,17H2,1H3/b27-18+/t25?,26-,28+,29-,30-/m1/s1. The molecule has 12 nitrogen and oxygen atoms in total. The lowest BCUT2D eigenvalue weighted by Crippen LogP contribution is -2.60. The minimum Gasteiger partial charge on any atom is -0.456 e. The van der Waals surface area contributed by atoms with Gasteiger partial charge in [0.2, 0.25) is 0 Å². The number of benzene rings is 2. The zero-order chi connectivity index (χ0) is 30.7. The molecule has 3 aromatic rings. The Morgan fingerprint density at radius 3 is 2.42 bits per heavy atom. The average Bonchev–Trinajstić information content (AvgIpc) is 3.51. The minimum atomic E-state index is -4.39. The maximum absolute atomic E-state index is 13.1. The lowest BCUT2D eigenvalue weighted by molar-refractivity contribution is -0.222. The third-order valence-corrected chi connectivity index (χ3v) is 9.35. The van der Waals surface area contributed by atoms with Gasteiger partial charge >= 0.3 is 0 Å². The molecule has 13 heteroatoms. The first-order valence-electron chi connectivity index (χ1n) is 14.0. The minimum absolute atomic E-state index is 0.0236. The third-order valence-electron chi connectivity index (χ3n) is 7.87. The van der Waals surface area contributed by atoms with Crippen molar-refractivity contribution in [2.24, 2.45) is 0 Å². The Hall–Kier alpha value is -3.32. The zero-order valence-electron chi connectivity index (χ0n) is 23.6. The molecule has 0 saturated carbocycles. The van der Waals surface area contributed by atoms with Gasteiger partial charge in [0, 0.05) is 43.1 Å². The SMILES string of the molecule is C/C(=C(/C#N)S(=O)(=O)NC[C@H]1OC(CCO)[C@H](O)[C@@H](O)[C@@H]1O)c1ccc(-c2ccc3cc(N4CCOCC4)ccc3c2)o1. The number of aliphatic hydroxyl groups is 4. The quantitative estimate of drug-likeness (QED) is 0.219. The number of allylic oxidation sites excluding steroid dienone is 2. The topological polar surface area (TPSA) is 186 Å². The van der Waals surface area contributed by atoms with Crippen molar-refractivity contribution in [1.82, 2.24) is 4.72 Å². The van der Waals surface area contributed by atoms with Crippen molar-refractivity contribution >= 4 is 32.1 Å². The highest BCUT2D eigenvalue weighted by Gasteiger charge is 2.43. The van der Waals surface area contributed by atoms with Crippen LogP contribution in [-0.2, 0) is 19.5 Å². The van der Waals surface area contributed by atoms with E-state index < -0.39 is 52.0 Å². The Morgan fingerprint density at radius 2 is 1.70 bits per heavy atom. The van der Waals surface area contributed by atoms with Crippen molar-refractivity contribution in [2.75, 3.05) is 44.4 Å². The molecule has 43 heavy (non-hydrogen) atoms. The number of hydrogen-bond donors (Lipinski definition) is 5. The van der Waals surface area contributed by atoms with Crippen molar-refractivity contribution < 1.29 is 42.7 Å². The number of fused-ring (bicyclic) bond motifs is 1. The van der Waals surface area contributed by atoms with E-state index in [2.05, 4.69) is 21.8 Å². The number of rotatable bonds is 9. The Labute approximate surface area is 249 Å². The van der Waals surface area contributed by atoms with Gasteiger partial charge in [-0.3, -0.25) is 0 Å². The average molecular weight is 614 g/mol. The Bertz CT molecular complexity index is 1620. The van der Waals surface area contributed by atoms with E-state index in [1.165, 1.54) is 6.92 Å². The molecule has 0 amide bonds. The van der Waals surface area contributed by atoms with Gasteiger partial charge in [-0.1, -0.05) is 18.2 Å². The summed E-state index contributed by atoms with van der Waals surface area (Å²) in [6.45, 7) is 3.72. The van der Waals surface area contributed by atoms with Crippen LogP contribution in [0.15, 0.2) is 57.9 Å². The maximum atomic E-state index is 13.1. The largest absolute Gasteiger partial charge is 0.456 e. The molecule has 2 saturated heterocycles. The number of hydrogen-bond acceptors (Lipinski definition) is 11. The first-order valence-corrected chi connectivity index (χ1v) is 15.5. The Kier molecular flexibility index (Phi) is 9.50. The van der Waals surface area contributed by atoms with Gasteiger partial charge in [0.05, 0.1) is 19.3 Å². The second-order valence-corrected chi connectivity index (χ2v) is 12.3. The lowest BCUT2D eigenvalue weighted by atomic mass is 9.93. The smallest absolute Gasteiger partial charge is 0.251 e. The van der Waals surface area contributed by atoms with Crippen LogP contribution in [0, 0.1) is 11.3 Å². The summed E-state index contributed by atoms with van der Waals surface area (Å²) >= 11 is 0. The molecule has 5 rings (SSSR count). The summed E-state index contributed by atoms with van der Waals surface area (Å²) < 4.78 is 45.4. The van der Waals surface area contributed by atoms with E-state index in [9.17, 15) is 34.1 Å². The van der Waals surface area contributed by atoms with E-state index in [0.717, 1.165) is 35.1 Å². The molecule has 3 heterocycles. The summed E-state index contributed by atoms with van der Waals surface area (Å²) in [7, 11) is -4.39. The fraction of sp³-hybridized carbons (Fsp3) is 0.433. The zero-order valence-corrected chi connectivity index (χ0v) is 24.4. The summed E-state index contributed by atoms with van der Waals surface area (Å²) in [5, 5.41) is 51.5. The van der Waals surface area contributed by atoms with Crippen LogP contribution in [-0.4, -0.2) is 98.8 Å². The number of nitrogens with zero attached hydrogens (tertiary/aromatic N) is 2. The van der Waals surface area contributed by atoms with E-state index in [1.807, 2.05) is 24.3 Å². The third kappa shape index (κ3) is 6.62. The summed E-state index contributed by atoms with van der Waals surface area (Å²) in [5.74, 6) is 0.688. The van der Waals surface area contributed by atoms with Crippen molar-refractivity contribution in [1.29, 1.82) is 5.26 Å². The molecule has 0 radical (unpaired) electrons. The van der Waals surface area contributed by atoms with Crippen LogP contribution in [0.5, 0.6) is 0 Å². The van der Waals surface area contributed by atoms with E-state index in [0.29, 0.717) is 19.0 Å². The van der Waals surface area contributed by atoms with Crippen LogP contribution < -0.4 is 9.62 Å². The van der Waals surface area contributed by atoms with E-state index in [4.69, 9.17) is 13.9 Å². The summed E-state index contributed by atoms with van der Waals surface area (Å²) in [6.07, 6.45) is -6.90. The molecule has 2 aliphatic heterocycles. The Morgan fingerprint density at radius 1 is 1.00 bits per heavy atom. The summed E-state index contributed by atoms with van der Waals surface area (Å²) in [4.78, 5) is 1.70. The maximum Gasteiger partial charge on any atom is 0.251 e. The van der Waals surface area contributed by atoms with E-state index >= 15 is 0 Å². The van der Waals surface area contributed by atoms with E-state index in [1.54, 1.807) is 18.2 Å². The first kappa shape index (κ1) is 31.1. The van der Waals surface area contributed by atoms with Crippen molar-refractivity contribution in [3.8, 4) is 17.4 Å². The fourth-order valence-corrected chi connectivity index (χ4v) is 6.53. The second kappa shape index (κ2) is 13.1. The number of sulfonamides is 1.